The van der Waals surface area contributed by atoms with Crippen LogP contribution < -0.4 is 10.5 Å². The molecular weight excluding hydrogens is 281 g/mol. The Labute approximate surface area is 101 Å². The van der Waals surface area contributed by atoms with Crippen LogP contribution in [0.1, 0.15) is 0 Å². The number of hydrogen-bond donors (Lipinski definition) is 3. The molecule has 1 heterocycles. The van der Waals surface area contributed by atoms with E-state index in [2.05, 4.69) is 5.32 Å². The molecule has 0 aromatic heterocycles. The molecule has 1 aliphatic heterocycles. The highest BCUT2D eigenvalue weighted by molar-refractivity contribution is 7.89. The second-order valence-electron chi connectivity index (χ2n) is 3.32. The first-order valence-corrected chi connectivity index (χ1v) is 6.37. The van der Waals surface area contributed by atoms with Crippen molar-refractivity contribution in [1.29, 1.82) is 0 Å². The zero-order valence-electron chi connectivity index (χ0n) is 9.11. The number of alkyl halides is 3. The van der Waals surface area contributed by atoms with Crippen LogP contribution in [-0.4, -0.2) is 57.2 Å². The molecule has 0 radical (unpaired) electrons. The van der Waals surface area contributed by atoms with Crippen molar-refractivity contribution in [3.63, 3.8) is 0 Å². The summed E-state index contributed by atoms with van der Waals surface area (Å²) in [5.74, 6) is -2.85. The van der Waals surface area contributed by atoms with Gasteiger partial charge in [0.25, 0.3) is 0 Å². The molecule has 1 fully saturated rings. The van der Waals surface area contributed by atoms with Crippen LogP contribution in [0.5, 0.6) is 0 Å². The molecule has 1 saturated heterocycles. The third kappa shape index (κ3) is 9.15. The van der Waals surface area contributed by atoms with E-state index in [-0.39, 0.29) is 18.5 Å². The molecule has 1 rings (SSSR count). The number of sulfonamides is 1. The largest absolute Gasteiger partial charge is 0.490 e. The number of nitrogens with two attached hydrogens (primary N) is 1. The maximum atomic E-state index is 10.6. The molecule has 1 aliphatic rings. The van der Waals surface area contributed by atoms with E-state index in [1.54, 1.807) is 0 Å². The van der Waals surface area contributed by atoms with E-state index in [1.165, 1.54) is 0 Å². The molecule has 0 bridgehead atoms. The second-order valence-corrected chi connectivity index (χ2v) is 5.05. The van der Waals surface area contributed by atoms with Crippen LogP contribution in [0.2, 0.25) is 0 Å². The summed E-state index contributed by atoms with van der Waals surface area (Å²) in [7, 11) is -3.35. The van der Waals surface area contributed by atoms with Crippen molar-refractivity contribution in [3.05, 3.63) is 0 Å². The molecule has 0 atom stereocenters. The highest BCUT2D eigenvalue weighted by Crippen LogP contribution is 2.13. The lowest BCUT2D eigenvalue weighted by Gasteiger charge is -2.26. The molecular formula is C7H13F3N2O5S. The first-order chi connectivity index (χ1) is 8.02. The smallest absolute Gasteiger partial charge is 0.475 e. The fraction of sp³-hybridized carbons (Fsp3) is 0.857. The highest BCUT2D eigenvalue weighted by atomic mass is 32.2. The zero-order valence-corrected chi connectivity index (χ0v) is 9.92. The zero-order chi connectivity index (χ0) is 14.4. The Hall–Kier alpha value is -0.910. The number of carbonyl (C=O) groups is 1. The van der Waals surface area contributed by atoms with Crippen LogP contribution in [-0.2, 0) is 19.6 Å². The Morgan fingerprint density at radius 3 is 2.11 bits per heavy atom. The molecule has 0 aromatic rings. The summed E-state index contributed by atoms with van der Waals surface area (Å²) in [6.07, 6.45) is -4.91. The van der Waals surface area contributed by atoms with Gasteiger partial charge < -0.3 is 15.2 Å². The van der Waals surface area contributed by atoms with Crippen molar-refractivity contribution in [1.82, 2.24) is 5.32 Å². The van der Waals surface area contributed by atoms with Gasteiger partial charge in [0.05, 0.1) is 18.5 Å². The van der Waals surface area contributed by atoms with Crippen LogP contribution >= 0.6 is 0 Å². The highest BCUT2D eigenvalue weighted by Gasteiger charge is 2.38. The Morgan fingerprint density at radius 1 is 1.44 bits per heavy atom. The van der Waals surface area contributed by atoms with E-state index < -0.39 is 22.2 Å². The first-order valence-electron chi connectivity index (χ1n) is 4.65. The minimum absolute atomic E-state index is 0.0937. The topological polar surface area (TPSA) is 119 Å². The van der Waals surface area contributed by atoms with Crippen molar-refractivity contribution < 1.29 is 36.2 Å². The van der Waals surface area contributed by atoms with Crippen molar-refractivity contribution in [3.8, 4) is 0 Å². The minimum Gasteiger partial charge on any atom is -0.475 e. The first kappa shape index (κ1) is 17.1. The van der Waals surface area contributed by atoms with E-state index in [4.69, 9.17) is 19.8 Å². The third-order valence-electron chi connectivity index (χ3n) is 1.71. The average Bonchev–Trinajstić information content (AvgIpc) is 2.07. The predicted molar refractivity (Wildman–Crippen MR) is 54.3 cm³/mol. The Kier molecular flexibility index (Phi) is 6.52. The van der Waals surface area contributed by atoms with Gasteiger partial charge in [-0.1, -0.05) is 0 Å². The second kappa shape index (κ2) is 6.87. The van der Waals surface area contributed by atoms with E-state index in [9.17, 15) is 21.6 Å². The predicted octanol–water partition coefficient (Wildman–Crippen LogP) is -1.10. The lowest BCUT2D eigenvalue weighted by atomic mass is 10.2. The molecule has 108 valence electrons. The van der Waals surface area contributed by atoms with E-state index >= 15 is 0 Å². The number of hydrogen-bond acceptors (Lipinski definition) is 5. The Balaban J connectivity index is 0.000000360. The van der Waals surface area contributed by atoms with Crippen LogP contribution in [0.15, 0.2) is 0 Å². The summed E-state index contributed by atoms with van der Waals surface area (Å²) in [5, 5.41) is 14.9. The molecule has 0 amide bonds. The normalized spacial score (nSPS) is 16.4. The molecule has 0 saturated carbocycles. The van der Waals surface area contributed by atoms with E-state index in [0.29, 0.717) is 0 Å². The summed E-state index contributed by atoms with van der Waals surface area (Å²) in [4.78, 5) is 8.90. The van der Waals surface area contributed by atoms with Crippen LogP contribution in [0, 0.1) is 0 Å². The molecule has 7 nitrogen and oxygen atoms in total. The van der Waals surface area contributed by atoms with Crippen LogP contribution in [0.3, 0.4) is 0 Å². The summed E-state index contributed by atoms with van der Waals surface area (Å²) < 4.78 is 57.7. The van der Waals surface area contributed by atoms with Gasteiger partial charge in [-0.3, -0.25) is 0 Å². The Morgan fingerprint density at radius 2 is 1.89 bits per heavy atom. The SMILES string of the molecule is NS(=O)(=O)CCOC1CNC1.O=C(O)C(F)(F)F. The fourth-order valence-corrected chi connectivity index (χ4v) is 1.04. The summed E-state index contributed by atoms with van der Waals surface area (Å²) in [5.41, 5.74) is 0. The number of ether oxygens (including phenoxy) is 1. The maximum absolute atomic E-state index is 10.6. The molecule has 0 aromatic carbocycles. The van der Waals surface area contributed by atoms with Crippen molar-refractivity contribution >= 4 is 16.0 Å². The van der Waals surface area contributed by atoms with Gasteiger partial charge in [0.2, 0.25) is 10.0 Å². The van der Waals surface area contributed by atoms with Gasteiger partial charge >= 0.3 is 12.1 Å². The monoisotopic (exact) mass is 294 g/mol. The molecule has 0 spiro atoms. The number of halogens is 3. The number of carboxylic acid groups (broad SMARTS) is 1. The van der Waals surface area contributed by atoms with Gasteiger partial charge in [0.1, 0.15) is 0 Å². The molecule has 11 heteroatoms. The summed E-state index contributed by atoms with van der Waals surface area (Å²) >= 11 is 0. The number of nitrogens with one attached hydrogen (secondary N) is 1. The standard InChI is InChI=1S/C5H12N2O3S.C2HF3O2/c6-11(8,9)2-1-10-5-3-7-4-5;3-2(4,5)1(6)7/h5,7H,1-4H2,(H2,6,8,9);(H,6,7). The molecule has 4 N–H and O–H groups in total. The number of rotatable bonds is 4. The minimum atomic E-state index is -5.08. The molecule has 0 aliphatic carbocycles. The van der Waals surface area contributed by atoms with Gasteiger partial charge in [-0.25, -0.2) is 18.4 Å². The Bertz CT molecular complexity index is 366. The third-order valence-corrected chi connectivity index (χ3v) is 2.44. The van der Waals surface area contributed by atoms with Crippen molar-refractivity contribution in [2.45, 2.75) is 12.3 Å². The number of aliphatic carboxylic acids is 1. The molecule has 0 unspecified atom stereocenters. The van der Waals surface area contributed by atoms with Gasteiger partial charge in [-0.15, -0.1) is 0 Å². The average molecular weight is 294 g/mol. The van der Waals surface area contributed by atoms with Crippen molar-refractivity contribution in [2.24, 2.45) is 5.14 Å². The summed E-state index contributed by atoms with van der Waals surface area (Å²) in [6.45, 7) is 1.82. The number of primary sulfonamides is 1. The lowest BCUT2D eigenvalue weighted by Crippen LogP contribution is -2.49. The van der Waals surface area contributed by atoms with Gasteiger partial charge in [0.15, 0.2) is 0 Å². The van der Waals surface area contributed by atoms with Gasteiger partial charge in [-0.05, 0) is 0 Å². The summed E-state index contributed by atoms with van der Waals surface area (Å²) in [6, 6.07) is 0. The van der Waals surface area contributed by atoms with Crippen LogP contribution in [0.4, 0.5) is 13.2 Å². The maximum Gasteiger partial charge on any atom is 0.490 e. The van der Waals surface area contributed by atoms with E-state index in [1.807, 2.05) is 0 Å². The molecule has 18 heavy (non-hydrogen) atoms. The number of carboxylic acids is 1. The lowest BCUT2D eigenvalue weighted by molar-refractivity contribution is -0.192. The van der Waals surface area contributed by atoms with Crippen molar-refractivity contribution in [2.75, 3.05) is 25.4 Å². The van der Waals surface area contributed by atoms with E-state index in [0.717, 1.165) is 13.1 Å². The van der Waals surface area contributed by atoms with Gasteiger partial charge in [0, 0.05) is 13.1 Å². The van der Waals surface area contributed by atoms with Crippen LogP contribution in [0.25, 0.3) is 0 Å². The quantitative estimate of drug-likeness (QED) is 0.605. The van der Waals surface area contributed by atoms with Gasteiger partial charge in [-0.2, -0.15) is 13.2 Å². The fourth-order valence-electron chi connectivity index (χ4n) is 0.711.